The molecular weight excluding hydrogens is 284 g/mol. The van der Waals surface area contributed by atoms with Crippen LogP contribution in [0, 0.1) is 0 Å². The van der Waals surface area contributed by atoms with Crippen molar-refractivity contribution in [1.82, 2.24) is 5.32 Å². The highest BCUT2D eigenvalue weighted by molar-refractivity contribution is 6.06. The first-order valence-electron chi connectivity index (χ1n) is 7.34. The summed E-state index contributed by atoms with van der Waals surface area (Å²) in [5, 5.41) is 6.95. The minimum Gasteiger partial charge on any atom is -0.497 e. The third kappa shape index (κ3) is 3.50. The van der Waals surface area contributed by atoms with Gasteiger partial charge in [0.05, 0.1) is 19.9 Å². The lowest BCUT2D eigenvalue weighted by atomic mass is 10.0. The number of hydrogen-bond acceptors (Lipinski definition) is 5. The fraction of sp³-hybridized carbons (Fsp3) is 0.500. The zero-order valence-electron chi connectivity index (χ0n) is 13.4. The van der Waals surface area contributed by atoms with Crippen LogP contribution in [0.3, 0.4) is 0 Å². The molecule has 1 aromatic carbocycles. The van der Waals surface area contributed by atoms with Crippen molar-refractivity contribution in [2.45, 2.75) is 38.8 Å². The third-order valence-corrected chi connectivity index (χ3v) is 3.68. The van der Waals surface area contributed by atoms with Gasteiger partial charge in [-0.15, -0.1) is 0 Å². The first-order chi connectivity index (χ1) is 10.6. The van der Waals surface area contributed by atoms with Gasteiger partial charge in [0.1, 0.15) is 11.5 Å². The molecule has 0 unspecified atom stereocenters. The topological polar surface area (TPSA) is 69.2 Å². The van der Waals surface area contributed by atoms with E-state index < -0.39 is 6.10 Å². The molecule has 1 aromatic rings. The summed E-state index contributed by atoms with van der Waals surface area (Å²) in [5.41, 5.74) is 1.46. The van der Waals surface area contributed by atoms with Gasteiger partial charge < -0.3 is 19.6 Å². The van der Waals surface area contributed by atoms with Gasteiger partial charge in [0.15, 0.2) is 0 Å². The van der Waals surface area contributed by atoms with Crippen LogP contribution >= 0.6 is 0 Å². The van der Waals surface area contributed by atoms with Crippen LogP contribution in [0.15, 0.2) is 23.4 Å². The minimum atomic E-state index is -0.597. The summed E-state index contributed by atoms with van der Waals surface area (Å²) in [6.45, 7) is 3.98. The lowest BCUT2D eigenvalue weighted by Gasteiger charge is -2.14. The maximum absolute atomic E-state index is 12.1. The molecule has 1 amide bonds. The fourth-order valence-corrected chi connectivity index (χ4v) is 2.15. The van der Waals surface area contributed by atoms with Crippen LogP contribution in [0.4, 0.5) is 0 Å². The average Bonchev–Trinajstić information content (AvgIpc) is 3.03. The molecule has 0 saturated heterocycles. The summed E-state index contributed by atoms with van der Waals surface area (Å²) in [5.74, 6) is 1.23. The van der Waals surface area contributed by atoms with E-state index in [2.05, 4.69) is 10.5 Å². The monoisotopic (exact) mass is 306 g/mol. The Morgan fingerprint density at radius 1 is 1.45 bits per heavy atom. The number of oxime groups is 1. The van der Waals surface area contributed by atoms with Crippen molar-refractivity contribution in [2.75, 3.05) is 14.2 Å². The van der Waals surface area contributed by atoms with E-state index in [1.807, 2.05) is 32.0 Å². The van der Waals surface area contributed by atoms with Crippen LogP contribution in [0.5, 0.6) is 11.5 Å². The van der Waals surface area contributed by atoms with E-state index in [1.54, 1.807) is 14.2 Å². The summed E-state index contributed by atoms with van der Waals surface area (Å²) in [6, 6.07) is 5.57. The number of carbonyl (C=O) groups is 1. The molecule has 0 aliphatic carbocycles. The Labute approximate surface area is 130 Å². The molecule has 0 spiro atoms. The highest BCUT2D eigenvalue weighted by Crippen LogP contribution is 2.28. The van der Waals surface area contributed by atoms with Gasteiger partial charge in [-0.1, -0.05) is 12.1 Å². The van der Waals surface area contributed by atoms with Crippen LogP contribution in [-0.4, -0.2) is 38.0 Å². The molecule has 120 valence electrons. The molecule has 0 fully saturated rings. The zero-order valence-corrected chi connectivity index (χ0v) is 13.4. The molecule has 0 bridgehead atoms. The molecule has 0 aromatic heterocycles. The van der Waals surface area contributed by atoms with Crippen molar-refractivity contribution >= 4 is 11.6 Å². The van der Waals surface area contributed by atoms with Crippen molar-refractivity contribution in [3.63, 3.8) is 0 Å². The van der Waals surface area contributed by atoms with Gasteiger partial charge in [0, 0.05) is 18.0 Å². The normalized spacial score (nSPS) is 18.2. The van der Waals surface area contributed by atoms with Gasteiger partial charge in [0.25, 0.3) is 5.91 Å². The predicted molar refractivity (Wildman–Crippen MR) is 83.5 cm³/mol. The number of ether oxygens (including phenoxy) is 2. The summed E-state index contributed by atoms with van der Waals surface area (Å²) in [4.78, 5) is 17.4. The van der Waals surface area contributed by atoms with Gasteiger partial charge in [-0.3, -0.25) is 4.79 Å². The SMILES string of the molecule is CC[C@H](C)NC(=O)[C@@H]1CC(c2cc(OC)ccc2OC)=NO1. The number of methoxy groups -OCH3 is 2. The van der Waals surface area contributed by atoms with Crippen LogP contribution in [0.2, 0.25) is 0 Å². The minimum absolute atomic E-state index is 0.117. The third-order valence-electron chi connectivity index (χ3n) is 3.68. The molecule has 0 radical (unpaired) electrons. The van der Waals surface area contributed by atoms with Gasteiger partial charge in [-0.05, 0) is 31.5 Å². The average molecular weight is 306 g/mol. The van der Waals surface area contributed by atoms with Crippen LogP contribution < -0.4 is 14.8 Å². The first-order valence-corrected chi connectivity index (χ1v) is 7.34. The zero-order chi connectivity index (χ0) is 16.1. The smallest absolute Gasteiger partial charge is 0.264 e. The second kappa shape index (κ2) is 7.15. The lowest BCUT2D eigenvalue weighted by molar-refractivity contribution is -0.131. The Bertz CT molecular complexity index is 571. The summed E-state index contributed by atoms with van der Waals surface area (Å²) in [6.07, 6.45) is 0.682. The largest absolute Gasteiger partial charge is 0.497 e. The van der Waals surface area contributed by atoms with Crippen molar-refractivity contribution < 1.29 is 19.1 Å². The Hall–Kier alpha value is -2.24. The van der Waals surface area contributed by atoms with Crippen LogP contribution in [0.1, 0.15) is 32.3 Å². The van der Waals surface area contributed by atoms with Gasteiger partial charge in [0.2, 0.25) is 6.10 Å². The predicted octanol–water partition coefficient (Wildman–Crippen LogP) is 2.11. The number of amides is 1. The van der Waals surface area contributed by atoms with E-state index in [9.17, 15) is 4.79 Å². The fourth-order valence-electron chi connectivity index (χ4n) is 2.15. The summed E-state index contributed by atoms with van der Waals surface area (Å²) >= 11 is 0. The van der Waals surface area contributed by atoms with E-state index in [0.29, 0.717) is 23.6 Å². The molecule has 6 nitrogen and oxygen atoms in total. The maximum Gasteiger partial charge on any atom is 0.264 e. The van der Waals surface area contributed by atoms with E-state index in [4.69, 9.17) is 14.3 Å². The van der Waals surface area contributed by atoms with Crippen molar-refractivity contribution in [3.8, 4) is 11.5 Å². The van der Waals surface area contributed by atoms with E-state index in [-0.39, 0.29) is 11.9 Å². The highest BCUT2D eigenvalue weighted by atomic mass is 16.6. The maximum atomic E-state index is 12.1. The van der Waals surface area contributed by atoms with E-state index in [0.717, 1.165) is 12.0 Å². The molecule has 22 heavy (non-hydrogen) atoms. The number of nitrogens with zero attached hydrogens (tertiary/aromatic N) is 1. The second-order valence-corrected chi connectivity index (χ2v) is 5.22. The van der Waals surface area contributed by atoms with Gasteiger partial charge in [-0.25, -0.2) is 0 Å². The Morgan fingerprint density at radius 2 is 2.23 bits per heavy atom. The summed E-state index contributed by atoms with van der Waals surface area (Å²) in [7, 11) is 3.19. The number of rotatable bonds is 6. The molecule has 1 heterocycles. The van der Waals surface area contributed by atoms with Crippen molar-refractivity contribution in [3.05, 3.63) is 23.8 Å². The first kappa shape index (κ1) is 16.1. The molecule has 0 saturated carbocycles. The van der Waals surface area contributed by atoms with Gasteiger partial charge >= 0.3 is 0 Å². The van der Waals surface area contributed by atoms with Crippen molar-refractivity contribution in [2.24, 2.45) is 5.16 Å². The summed E-state index contributed by atoms with van der Waals surface area (Å²) < 4.78 is 10.6. The quantitative estimate of drug-likeness (QED) is 0.874. The Balaban J connectivity index is 2.11. The second-order valence-electron chi connectivity index (χ2n) is 5.22. The molecular formula is C16H22N2O4. The molecule has 1 aliphatic rings. The number of hydrogen-bond donors (Lipinski definition) is 1. The van der Waals surface area contributed by atoms with Crippen LogP contribution in [0.25, 0.3) is 0 Å². The Kier molecular flexibility index (Phi) is 5.25. The Morgan fingerprint density at radius 3 is 2.86 bits per heavy atom. The molecule has 2 atom stereocenters. The van der Waals surface area contributed by atoms with Crippen LogP contribution in [-0.2, 0) is 9.63 Å². The number of carbonyl (C=O) groups excluding carboxylic acids is 1. The lowest BCUT2D eigenvalue weighted by Crippen LogP contribution is -2.39. The van der Waals surface area contributed by atoms with Crippen molar-refractivity contribution in [1.29, 1.82) is 0 Å². The molecule has 2 rings (SSSR count). The molecule has 1 N–H and O–H groups in total. The molecule has 1 aliphatic heterocycles. The van der Waals surface area contributed by atoms with E-state index in [1.165, 1.54) is 0 Å². The van der Waals surface area contributed by atoms with Gasteiger partial charge in [-0.2, -0.15) is 0 Å². The highest BCUT2D eigenvalue weighted by Gasteiger charge is 2.30. The number of nitrogens with one attached hydrogen (secondary N) is 1. The number of benzene rings is 1. The standard InChI is InChI=1S/C16H22N2O4/c1-5-10(2)17-16(19)15-9-13(18-22-15)12-8-11(20-3)6-7-14(12)21-4/h6-8,10,15H,5,9H2,1-4H3,(H,17,19)/t10-,15-/m0/s1. The molecule has 6 heteroatoms. The van der Waals surface area contributed by atoms with E-state index >= 15 is 0 Å².